The highest BCUT2D eigenvalue weighted by atomic mass is 32.2. The number of anilines is 2. The van der Waals surface area contributed by atoms with Gasteiger partial charge in [0.1, 0.15) is 11.4 Å². The van der Waals surface area contributed by atoms with Crippen LogP contribution in [0.3, 0.4) is 0 Å². The molecule has 1 aromatic heterocycles. The molecule has 3 N–H and O–H groups in total. The fourth-order valence-electron chi connectivity index (χ4n) is 2.59. The lowest BCUT2D eigenvalue weighted by atomic mass is 10.2. The molecule has 2 aromatic carbocycles. The zero-order chi connectivity index (χ0) is 22.6. The van der Waals surface area contributed by atoms with Gasteiger partial charge in [-0.1, -0.05) is 0 Å². The van der Waals surface area contributed by atoms with Crippen LogP contribution in [0.1, 0.15) is 10.4 Å². The molecule has 0 atom stereocenters. The van der Waals surface area contributed by atoms with E-state index in [1.54, 1.807) is 6.07 Å². The molecular weight excluding hydrogens is 428 g/mol. The lowest BCUT2D eigenvalue weighted by molar-refractivity contribution is -0.384. The number of aromatic amines is 1. The maximum absolute atomic E-state index is 12.7. The van der Waals surface area contributed by atoms with Gasteiger partial charge >= 0.3 is 0 Å². The number of carbonyl (C=O) groups is 1. The number of H-pyrrole nitrogens is 1. The van der Waals surface area contributed by atoms with Crippen LogP contribution < -0.4 is 20.3 Å². The summed E-state index contributed by atoms with van der Waals surface area (Å²) in [5.74, 6) is -0.507. The smallest absolute Gasteiger partial charge is 0.271 e. The number of ether oxygens (including phenoxy) is 1. The van der Waals surface area contributed by atoms with Gasteiger partial charge in [-0.2, -0.15) is 0 Å². The largest absolute Gasteiger partial charge is 0.495 e. The number of nitro groups is 1. The third-order valence-corrected chi connectivity index (χ3v) is 5.51. The number of benzene rings is 2. The van der Waals surface area contributed by atoms with E-state index in [1.807, 2.05) is 0 Å². The number of hydrogen-bond acceptors (Lipinski definition) is 7. The molecule has 3 rings (SSSR count). The van der Waals surface area contributed by atoms with Crippen molar-refractivity contribution in [2.45, 2.75) is 4.90 Å². The number of rotatable bonds is 7. The second kappa shape index (κ2) is 8.67. The molecule has 0 fully saturated rings. The average Bonchev–Trinajstić information content (AvgIpc) is 2.75. The van der Waals surface area contributed by atoms with E-state index in [1.165, 1.54) is 55.8 Å². The van der Waals surface area contributed by atoms with E-state index in [0.29, 0.717) is 0 Å². The molecule has 0 saturated carbocycles. The van der Waals surface area contributed by atoms with Gasteiger partial charge in [0.05, 0.1) is 22.6 Å². The fourth-order valence-corrected chi connectivity index (χ4v) is 3.65. The molecule has 31 heavy (non-hydrogen) atoms. The number of amides is 1. The number of non-ortho nitro benzene ring substituents is 1. The monoisotopic (exact) mass is 444 g/mol. The van der Waals surface area contributed by atoms with E-state index >= 15 is 0 Å². The second-order valence-electron chi connectivity index (χ2n) is 6.14. The van der Waals surface area contributed by atoms with Gasteiger partial charge in [-0.3, -0.25) is 24.4 Å². The molecule has 0 unspecified atom stereocenters. The van der Waals surface area contributed by atoms with Crippen molar-refractivity contribution in [2.75, 3.05) is 17.1 Å². The number of sulfonamides is 1. The Bertz CT molecular complexity index is 1300. The summed E-state index contributed by atoms with van der Waals surface area (Å²) >= 11 is 0. The molecule has 1 heterocycles. The molecule has 160 valence electrons. The van der Waals surface area contributed by atoms with E-state index < -0.39 is 26.4 Å². The fraction of sp³-hybridized carbons (Fsp3) is 0.0526. The predicted octanol–water partition coefficient (Wildman–Crippen LogP) is 2.34. The van der Waals surface area contributed by atoms with Gasteiger partial charge in [0.2, 0.25) is 0 Å². The Morgan fingerprint density at radius 1 is 1.10 bits per heavy atom. The van der Waals surface area contributed by atoms with Crippen molar-refractivity contribution in [3.05, 3.63) is 86.8 Å². The van der Waals surface area contributed by atoms with E-state index in [4.69, 9.17) is 4.74 Å². The Kier molecular flexibility index (Phi) is 6.02. The molecule has 3 aromatic rings. The number of nitro benzene ring substituents is 1. The Labute approximate surface area is 175 Å². The summed E-state index contributed by atoms with van der Waals surface area (Å²) in [4.78, 5) is 36.5. The lowest BCUT2D eigenvalue weighted by Gasteiger charge is -2.12. The van der Waals surface area contributed by atoms with Crippen molar-refractivity contribution in [2.24, 2.45) is 0 Å². The standard InChI is InChI=1S/C19H16N4O7S/c1-30-17-9-6-13(23(26)27)11-16(17)22-31(28,29)14-7-4-12(5-8-14)18(24)21-15-3-2-10-20-19(15)25/h2-11,22H,1H3,(H,20,25)(H,21,24). The van der Waals surface area contributed by atoms with E-state index in [-0.39, 0.29) is 33.3 Å². The van der Waals surface area contributed by atoms with E-state index in [0.717, 1.165) is 6.07 Å². The maximum Gasteiger partial charge on any atom is 0.271 e. The summed E-state index contributed by atoms with van der Waals surface area (Å²) < 4.78 is 32.7. The van der Waals surface area contributed by atoms with Crippen LogP contribution in [0.15, 0.2) is 70.5 Å². The van der Waals surface area contributed by atoms with Crippen LogP contribution in [0.25, 0.3) is 0 Å². The quantitative estimate of drug-likeness (QED) is 0.372. The van der Waals surface area contributed by atoms with Crippen molar-refractivity contribution < 1.29 is 22.9 Å². The van der Waals surface area contributed by atoms with E-state index in [2.05, 4.69) is 15.0 Å². The van der Waals surface area contributed by atoms with Crippen LogP contribution in [-0.4, -0.2) is 31.3 Å². The molecule has 12 heteroatoms. The molecule has 0 radical (unpaired) electrons. The predicted molar refractivity (Wildman–Crippen MR) is 112 cm³/mol. The first-order valence-electron chi connectivity index (χ1n) is 8.65. The van der Waals surface area contributed by atoms with Crippen molar-refractivity contribution in [1.82, 2.24) is 4.98 Å². The first-order chi connectivity index (χ1) is 14.7. The topological polar surface area (TPSA) is 160 Å². The molecule has 0 bridgehead atoms. The molecule has 0 aliphatic carbocycles. The molecule has 0 saturated heterocycles. The summed E-state index contributed by atoms with van der Waals surface area (Å²) in [5, 5.41) is 13.4. The average molecular weight is 444 g/mol. The Morgan fingerprint density at radius 3 is 2.42 bits per heavy atom. The first-order valence-corrected chi connectivity index (χ1v) is 10.1. The number of nitrogens with one attached hydrogen (secondary N) is 3. The third kappa shape index (κ3) is 4.87. The molecule has 0 spiro atoms. The zero-order valence-corrected chi connectivity index (χ0v) is 16.8. The van der Waals surface area contributed by atoms with Crippen LogP contribution in [0.2, 0.25) is 0 Å². The number of methoxy groups -OCH3 is 1. The van der Waals surface area contributed by atoms with Gasteiger partial charge in [-0.05, 0) is 42.5 Å². The van der Waals surface area contributed by atoms with Gasteiger partial charge in [0.25, 0.3) is 27.2 Å². The van der Waals surface area contributed by atoms with E-state index in [9.17, 15) is 28.1 Å². The molecular formula is C19H16N4O7S. The van der Waals surface area contributed by atoms with Crippen LogP contribution in [0.5, 0.6) is 5.75 Å². The maximum atomic E-state index is 12.7. The normalized spacial score (nSPS) is 10.9. The van der Waals surface area contributed by atoms with Crippen molar-refractivity contribution in [1.29, 1.82) is 0 Å². The number of pyridine rings is 1. The molecule has 11 nitrogen and oxygen atoms in total. The second-order valence-corrected chi connectivity index (χ2v) is 7.82. The zero-order valence-electron chi connectivity index (χ0n) is 16.0. The number of nitrogens with zero attached hydrogens (tertiary/aromatic N) is 1. The SMILES string of the molecule is COc1ccc([N+](=O)[O-])cc1NS(=O)(=O)c1ccc(C(=O)Nc2ccc[nH]c2=O)cc1. The highest BCUT2D eigenvalue weighted by Gasteiger charge is 2.20. The summed E-state index contributed by atoms with van der Waals surface area (Å²) in [5.41, 5.74) is -0.743. The number of carbonyl (C=O) groups excluding carboxylic acids is 1. The molecule has 1 amide bonds. The van der Waals surface area contributed by atoms with Crippen LogP contribution in [0.4, 0.5) is 17.1 Å². The highest BCUT2D eigenvalue weighted by Crippen LogP contribution is 2.30. The van der Waals surface area contributed by atoms with Gasteiger partial charge < -0.3 is 15.0 Å². The Hall–Kier alpha value is -4.19. The lowest BCUT2D eigenvalue weighted by Crippen LogP contribution is -2.19. The number of aromatic nitrogens is 1. The van der Waals surface area contributed by atoms with Crippen molar-refractivity contribution in [3.8, 4) is 5.75 Å². The van der Waals surface area contributed by atoms with Crippen LogP contribution in [-0.2, 0) is 10.0 Å². The third-order valence-electron chi connectivity index (χ3n) is 4.13. The van der Waals surface area contributed by atoms with Crippen LogP contribution in [0, 0.1) is 10.1 Å². The van der Waals surface area contributed by atoms with Gasteiger partial charge in [-0.25, -0.2) is 8.42 Å². The number of hydrogen-bond donors (Lipinski definition) is 3. The van der Waals surface area contributed by atoms with Crippen molar-refractivity contribution >= 4 is 33.0 Å². The Morgan fingerprint density at radius 2 is 1.81 bits per heavy atom. The minimum atomic E-state index is -4.14. The van der Waals surface area contributed by atoms with Crippen molar-refractivity contribution in [3.63, 3.8) is 0 Å². The molecule has 0 aliphatic rings. The summed E-state index contributed by atoms with van der Waals surface area (Å²) in [6.45, 7) is 0. The van der Waals surface area contributed by atoms with Gasteiger partial charge in [-0.15, -0.1) is 0 Å². The summed E-state index contributed by atoms with van der Waals surface area (Å²) in [6, 6.07) is 11.4. The van der Waals surface area contributed by atoms with Gasteiger partial charge in [0, 0.05) is 23.9 Å². The Balaban J connectivity index is 1.82. The minimum Gasteiger partial charge on any atom is -0.495 e. The minimum absolute atomic E-state index is 0.0450. The highest BCUT2D eigenvalue weighted by molar-refractivity contribution is 7.92. The summed E-state index contributed by atoms with van der Waals surface area (Å²) in [7, 11) is -2.84. The first kappa shape index (κ1) is 21.5. The summed E-state index contributed by atoms with van der Waals surface area (Å²) in [6.07, 6.45) is 1.42. The van der Waals surface area contributed by atoms with Gasteiger partial charge in [0.15, 0.2) is 0 Å². The van der Waals surface area contributed by atoms with Crippen LogP contribution >= 0.6 is 0 Å². The molecule has 0 aliphatic heterocycles.